The van der Waals surface area contributed by atoms with E-state index >= 15 is 0 Å². The van der Waals surface area contributed by atoms with E-state index in [4.69, 9.17) is 5.73 Å². The van der Waals surface area contributed by atoms with E-state index in [-0.39, 0.29) is 5.56 Å². The van der Waals surface area contributed by atoms with Gasteiger partial charge in [-0.15, -0.1) is 0 Å². The van der Waals surface area contributed by atoms with Gasteiger partial charge in [0.1, 0.15) is 11.6 Å². The molecule has 0 bridgehead atoms. The van der Waals surface area contributed by atoms with Gasteiger partial charge in [-0.25, -0.2) is 8.78 Å². The minimum atomic E-state index is -0.658. The molecule has 0 amide bonds. The number of hydrogen-bond donors (Lipinski definition) is 1. The van der Waals surface area contributed by atoms with Gasteiger partial charge in [0.25, 0.3) is 0 Å². The molecule has 0 spiro atoms. The topological polar surface area (TPSA) is 26.0 Å². The summed E-state index contributed by atoms with van der Waals surface area (Å²) in [6.45, 7) is 5.31. The van der Waals surface area contributed by atoms with Crippen LogP contribution >= 0.6 is 0 Å². The third-order valence-corrected chi connectivity index (χ3v) is 3.84. The van der Waals surface area contributed by atoms with E-state index in [0.717, 1.165) is 12.8 Å². The van der Waals surface area contributed by atoms with Gasteiger partial charge in [-0.2, -0.15) is 0 Å². The second-order valence-corrected chi connectivity index (χ2v) is 5.38. The SMILES string of the molecule is Cc1cc(F)c(C(C)(C)C2(N)CC2)c(F)c1. The minimum Gasteiger partial charge on any atom is -0.324 e. The molecular weight excluding hydrogens is 208 g/mol. The fourth-order valence-corrected chi connectivity index (χ4v) is 2.31. The molecule has 0 atom stereocenters. The third-order valence-electron chi connectivity index (χ3n) is 3.84. The number of nitrogens with two attached hydrogens (primary N) is 1. The lowest BCUT2D eigenvalue weighted by Gasteiger charge is -2.33. The molecule has 0 aliphatic heterocycles. The molecule has 1 saturated carbocycles. The predicted octanol–water partition coefficient (Wildman–Crippen LogP) is 3.04. The van der Waals surface area contributed by atoms with E-state index in [1.807, 2.05) is 13.8 Å². The molecule has 88 valence electrons. The molecule has 2 rings (SSSR count). The summed E-state index contributed by atoms with van der Waals surface area (Å²) in [7, 11) is 0. The van der Waals surface area contributed by atoms with E-state index in [9.17, 15) is 8.78 Å². The molecule has 0 radical (unpaired) electrons. The highest BCUT2D eigenvalue weighted by molar-refractivity contribution is 5.36. The maximum Gasteiger partial charge on any atom is 0.130 e. The minimum absolute atomic E-state index is 0.123. The number of rotatable bonds is 2. The molecule has 0 aromatic heterocycles. The van der Waals surface area contributed by atoms with Crippen LogP contribution in [0.15, 0.2) is 12.1 Å². The quantitative estimate of drug-likeness (QED) is 0.822. The van der Waals surface area contributed by atoms with E-state index in [0.29, 0.717) is 5.56 Å². The third kappa shape index (κ3) is 1.54. The average Bonchev–Trinajstić information content (AvgIpc) is 2.82. The highest BCUT2D eigenvalue weighted by Gasteiger charge is 2.53. The van der Waals surface area contributed by atoms with E-state index in [1.54, 1.807) is 6.92 Å². The maximum atomic E-state index is 13.9. The average molecular weight is 225 g/mol. The van der Waals surface area contributed by atoms with Crippen molar-refractivity contribution in [3.63, 3.8) is 0 Å². The smallest absolute Gasteiger partial charge is 0.130 e. The summed E-state index contributed by atoms with van der Waals surface area (Å²) in [5, 5.41) is 0. The van der Waals surface area contributed by atoms with Crippen molar-refractivity contribution in [2.24, 2.45) is 5.73 Å². The van der Waals surface area contributed by atoms with E-state index in [2.05, 4.69) is 0 Å². The second-order valence-electron chi connectivity index (χ2n) is 5.38. The summed E-state index contributed by atoms with van der Waals surface area (Å²) in [6, 6.07) is 2.73. The van der Waals surface area contributed by atoms with Crippen LogP contribution in [0.5, 0.6) is 0 Å². The molecule has 1 aromatic carbocycles. The highest BCUT2D eigenvalue weighted by Crippen LogP contribution is 2.50. The van der Waals surface area contributed by atoms with Gasteiger partial charge >= 0.3 is 0 Å². The largest absolute Gasteiger partial charge is 0.324 e. The zero-order valence-electron chi connectivity index (χ0n) is 9.90. The molecule has 1 fully saturated rings. The molecule has 3 heteroatoms. The second kappa shape index (κ2) is 3.27. The summed E-state index contributed by atoms with van der Waals surface area (Å²) in [4.78, 5) is 0. The van der Waals surface area contributed by atoms with Crippen LogP contribution in [0, 0.1) is 18.6 Å². The van der Waals surface area contributed by atoms with Crippen LogP contribution in [0.2, 0.25) is 0 Å². The van der Waals surface area contributed by atoms with Crippen molar-refractivity contribution in [2.75, 3.05) is 0 Å². The lowest BCUT2D eigenvalue weighted by molar-refractivity contribution is 0.356. The monoisotopic (exact) mass is 225 g/mol. The summed E-state index contributed by atoms with van der Waals surface area (Å²) >= 11 is 0. The Morgan fingerprint density at radius 1 is 1.19 bits per heavy atom. The van der Waals surface area contributed by atoms with Crippen LogP contribution < -0.4 is 5.73 Å². The van der Waals surface area contributed by atoms with E-state index < -0.39 is 22.6 Å². The normalized spacial score (nSPS) is 18.6. The van der Waals surface area contributed by atoms with Crippen molar-refractivity contribution in [1.82, 2.24) is 0 Å². The van der Waals surface area contributed by atoms with Crippen LogP contribution in [-0.2, 0) is 5.41 Å². The van der Waals surface area contributed by atoms with Crippen LogP contribution in [0.3, 0.4) is 0 Å². The van der Waals surface area contributed by atoms with Crippen molar-refractivity contribution in [3.8, 4) is 0 Å². The lowest BCUT2D eigenvalue weighted by atomic mass is 9.75. The zero-order valence-corrected chi connectivity index (χ0v) is 9.90. The molecule has 16 heavy (non-hydrogen) atoms. The molecule has 1 nitrogen and oxygen atoms in total. The summed E-state index contributed by atoms with van der Waals surface area (Å²) < 4.78 is 27.7. The number of halogens is 2. The Kier molecular flexibility index (Phi) is 2.35. The summed E-state index contributed by atoms with van der Waals surface area (Å²) in [5.74, 6) is -0.974. The molecule has 1 aliphatic rings. The first-order valence-electron chi connectivity index (χ1n) is 5.53. The van der Waals surface area contributed by atoms with Crippen molar-refractivity contribution in [2.45, 2.75) is 44.6 Å². The Labute approximate surface area is 94.7 Å². The van der Waals surface area contributed by atoms with Gasteiger partial charge in [-0.05, 0) is 37.5 Å². The van der Waals surface area contributed by atoms with Gasteiger partial charge in [-0.3, -0.25) is 0 Å². The Morgan fingerprint density at radius 2 is 1.62 bits per heavy atom. The number of aryl methyl sites for hydroxylation is 1. The van der Waals surface area contributed by atoms with Crippen LogP contribution in [0.1, 0.15) is 37.8 Å². The van der Waals surface area contributed by atoms with Gasteiger partial charge < -0.3 is 5.73 Å². The summed E-state index contributed by atoms with van der Waals surface area (Å²) in [5.41, 5.74) is 5.70. The first-order valence-corrected chi connectivity index (χ1v) is 5.53. The Hall–Kier alpha value is -0.960. The predicted molar refractivity (Wildman–Crippen MR) is 60.3 cm³/mol. The maximum absolute atomic E-state index is 13.9. The molecule has 0 heterocycles. The van der Waals surface area contributed by atoms with Crippen molar-refractivity contribution in [1.29, 1.82) is 0 Å². The van der Waals surface area contributed by atoms with Gasteiger partial charge in [-0.1, -0.05) is 13.8 Å². The standard InChI is InChI=1S/C13H17F2N/c1-8-6-9(14)11(10(15)7-8)12(2,3)13(16)4-5-13/h6-7H,4-5,16H2,1-3H3. The van der Waals surface area contributed by atoms with E-state index in [1.165, 1.54) is 12.1 Å². The molecular formula is C13H17F2N. The molecule has 2 N–H and O–H groups in total. The van der Waals surface area contributed by atoms with Gasteiger partial charge in [0.2, 0.25) is 0 Å². The zero-order chi connectivity index (χ0) is 12.1. The Morgan fingerprint density at radius 3 is 2.00 bits per heavy atom. The molecule has 1 aliphatic carbocycles. The number of benzene rings is 1. The van der Waals surface area contributed by atoms with Crippen molar-refractivity contribution < 1.29 is 8.78 Å². The summed E-state index contributed by atoms with van der Waals surface area (Å²) in [6.07, 6.45) is 1.65. The van der Waals surface area contributed by atoms with Gasteiger partial charge in [0, 0.05) is 16.5 Å². The van der Waals surface area contributed by atoms with Gasteiger partial charge in [0.05, 0.1) is 0 Å². The number of hydrogen-bond acceptors (Lipinski definition) is 1. The Balaban J connectivity index is 2.56. The van der Waals surface area contributed by atoms with Crippen molar-refractivity contribution in [3.05, 3.63) is 34.9 Å². The molecule has 0 saturated heterocycles. The van der Waals surface area contributed by atoms with Crippen LogP contribution in [0.4, 0.5) is 8.78 Å². The first kappa shape index (κ1) is 11.5. The highest BCUT2D eigenvalue weighted by atomic mass is 19.1. The fourth-order valence-electron chi connectivity index (χ4n) is 2.31. The van der Waals surface area contributed by atoms with Gasteiger partial charge in [0.15, 0.2) is 0 Å². The lowest BCUT2D eigenvalue weighted by Crippen LogP contribution is -2.44. The Bertz CT molecular complexity index is 411. The fraction of sp³-hybridized carbons (Fsp3) is 0.538. The van der Waals surface area contributed by atoms with Crippen molar-refractivity contribution >= 4 is 0 Å². The first-order chi connectivity index (χ1) is 7.28. The molecule has 1 aromatic rings. The van der Waals surface area contributed by atoms with Crippen LogP contribution in [-0.4, -0.2) is 5.54 Å². The van der Waals surface area contributed by atoms with Crippen LogP contribution in [0.25, 0.3) is 0 Å². The molecule has 0 unspecified atom stereocenters.